The van der Waals surface area contributed by atoms with Crippen molar-refractivity contribution in [3.05, 3.63) is 0 Å². The highest BCUT2D eigenvalue weighted by atomic mass is 14.6. The van der Waals surface area contributed by atoms with Crippen LogP contribution in [0.5, 0.6) is 0 Å². The van der Waals surface area contributed by atoms with Crippen LogP contribution in [0.3, 0.4) is 0 Å². The Bertz CT molecular complexity index is 142. The standard InChI is InChI=1S/C13H29N/c1-7-11(8-2)12(14)9-10(3)13(4,5)6/h10-12H,7-9,14H2,1-6H3. The molecular formula is C13H29N. The van der Waals surface area contributed by atoms with Crippen molar-refractivity contribution in [3.8, 4) is 0 Å². The van der Waals surface area contributed by atoms with E-state index in [4.69, 9.17) is 5.73 Å². The molecule has 2 atom stereocenters. The molecule has 0 saturated carbocycles. The van der Waals surface area contributed by atoms with E-state index in [9.17, 15) is 0 Å². The monoisotopic (exact) mass is 199 g/mol. The summed E-state index contributed by atoms with van der Waals surface area (Å²) in [7, 11) is 0. The van der Waals surface area contributed by atoms with Gasteiger partial charge in [0.25, 0.3) is 0 Å². The summed E-state index contributed by atoms with van der Waals surface area (Å²) in [6.45, 7) is 13.7. The predicted octanol–water partition coefficient (Wildman–Crippen LogP) is 3.82. The van der Waals surface area contributed by atoms with Crippen molar-refractivity contribution < 1.29 is 0 Å². The van der Waals surface area contributed by atoms with Gasteiger partial charge in [0.2, 0.25) is 0 Å². The highest BCUT2D eigenvalue weighted by Gasteiger charge is 2.24. The summed E-state index contributed by atoms with van der Waals surface area (Å²) in [5.74, 6) is 1.41. The van der Waals surface area contributed by atoms with Gasteiger partial charge in [-0.15, -0.1) is 0 Å². The first-order chi connectivity index (χ1) is 6.32. The third kappa shape index (κ3) is 4.45. The summed E-state index contributed by atoms with van der Waals surface area (Å²) >= 11 is 0. The molecule has 0 aromatic heterocycles. The lowest BCUT2D eigenvalue weighted by molar-refractivity contribution is 0.210. The van der Waals surface area contributed by atoms with Gasteiger partial charge in [0.15, 0.2) is 0 Å². The van der Waals surface area contributed by atoms with E-state index in [0.29, 0.717) is 23.3 Å². The molecule has 1 nitrogen and oxygen atoms in total. The van der Waals surface area contributed by atoms with E-state index in [-0.39, 0.29) is 0 Å². The zero-order valence-electron chi connectivity index (χ0n) is 10.9. The Hall–Kier alpha value is -0.0400. The summed E-state index contributed by atoms with van der Waals surface area (Å²) in [5.41, 5.74) is 6.63. The number of rotatable bonds is 5. The fourth-order valence-corrected chi connectivity index (χ4v) is 1.85. The Balaban J connectivity index is 4.10. The Morgan fingerprint density at radius 3 is 1.79 bits per heavy atom. The fraction of sp³-hybridized carbons (Fsp3) is 1.00. The second-order valence-electron chi connectivity index (χ2n) is 5.74. The molecule has 0 aliphatic heterocycles. The van der Waals surface area contributed by atoms with Crippen molar-refractivity contribution in [1.29, 1.82) is 0 Å². The zero-order chi connectivity index (χ0) is 11.4. The molecule has 86 valence electrons. The minimum Gasteiger partial charge on any atom is -0.327 e. The zero-order valence-corrected chi connectivity index (χ0v) is 10.9. The number of hydrogen-bond donors (Lipinski definition) is 1. The van der Waals surface area contributed by atoms with Gasteiger partial charge in [-0.3, -0.25) is 0 Å². The average Bonchev–Trinajstić information content (AvgIpc) is 2.04. The van der Waals surface area contributed by atoms with Crippen LogP contribution in [0, 0.1) is 17.3 Å². The van der Waals surface area contributed by atoms with E-state index in [1.165, 1.54) is 12.8 Å². The first-order valence-corrected chi connectivity index (χ1v) is 6.08. The maximum atomic E-state index is 6.24. The molecule has 2 N–H and O–H groups in total. The molecular weight excluding hydrogens is 170 g/mol. The summed E-state index contributed by atoms with van der Waals surface area (Å²) in [6, 6.07) is 0.388. The predicted molar refractivity (Wildman–Crippen MR) is 65.3 cm³/mol. The Morgan fingerprint density at radius 1 is 1.07 bits per heavy atom. The van der Waals surface area contributed by atoms with Crippen molar-refractivity contribution >= 4 is 0 Å². The van der Waals surface area contributed by atoms with Crippen molar-refractivity contribution in [1.82, 2.24) is 0 Å². The molecule has 0 fully saturated rings. The van der Waals surface area contributed by atoms with Gasteiger partial charge >= 0.3 is 0 Å². The van der Waals surface area contributed by atoms with Crippen molar-refractivity contribution in [2.24, 2.45) is 23.0 Å². The Morgan fingerprint density at radius 2 is 1.50 bits per heavy atom. The largest absolute Gasteiger partial charge is 0.327 e. The smallest absolute Gasteiger partial charge is 0.00696 e. The van der Waals surface area contributed by atoms with Gasteiger partial charge in [-0.2, -0.15) is 0 Å². The highest BCUT2D eigenvalue weighted by Crippen LogP contribution is 2.30. The molecule has 0 radical (unpaired) electrons. The van der Waals surface area contributed by atoms with Crippen LogP contribution in [0.4, 0.5) is 0 Å². The lowest BCUT2D eigenvalue weighted by Crippen LogP contribution is -2.34. The van der Waals surface area contributed by atoms with Gasteiger partial charge in [0.1, 0.15) is 0 Å². The third-order valence-corrected chi connectivity index (χ3v) is 3.76. The first-order valence-electron chi connectivity index (χ1n) is 6.08. The Labute approximate surface area is 90.5 Å². The Kier molecular flexibility index (Phi) is 5.73. The van der Waals surface area contributed by atoms with Crippen LogP contribution >= 0.6 is 0 Å². The minimum atomic E-state index is 0.388. The highest BCUT2D eigenvalue weighted by molar-refractivity contribution is 4.78. The lowest BCUT2D eigenvalue weighted by Gasteiger charge is -2.32. The molecule has 0 aromatic rings. The van der Waals surface area contributed by atoms with E-state index < -0.39 is 0 Å². The molecule has 2 unspecified atom stereocenters. The van der Waals surface area contributed by atoms with Crippen LogP contribution in [0.25, 0.3) is 0 Å². The maximum absolute atomic E-state index is 6.24. The van der Waals surface area contributed by atoms with Gasteiger partial charge in [0.05, 0.1) is 0 Å². The molecule has 0 saturated heterocycles. The molecule has 1 heteroatoms. The quantitative estimate of drug-likeness (QED) is 0.715. The van der Waals surface area contributed by atoms with E-state index in [1.807, 2.05) is 0 Å². The molecule has 14 heavy (non-hydrogen) atoms. The lowest BCUT2D eigenvalue weighted by atomic mass is 9.76. The van der Waals surface area contributed by atoms with Gasteiger partial charge in [-0.1, -0.05) is 54.4 Å². The number of nitrogens with two attached hydrogens (primary N) is 1. The molecule has 0 heterocycles. The van der Waals surface area contributed by atoms with E-state index >= 15 is 0 Å². The van der Waals surface area contributed by atoms with Crippen molar-refractivity contribution in [2.75, 3.05) is 0 Å². The van der Waals surface area contributed by atoms with Crippen molar-refractivity contribution in [2.45, 2.75) is 66.8 Å². The fourth-order valence-electron chi connectivity index (χ4n) is 1.85. The van der Waals surface area contributed by atoms with Crippen LogP contribution in [-0.4, -0.2) is 6.04 Å². The van der Waals surface area contributed by atoms with Gasteiger partial charge < -0.3 is 5.73 Å². The molecule has 0 aliphatic rings. The van der Waals surface area contributed by atoms with E-state index in [0.717, 1.165) is 6.42 Å². The van der Waals surface area contributed by atoms with Crippen LogP contribution in [0.15, 0.2) is 0 Å². The van der Waals surface area contributed by atoms with Gasteiger partial charge in [-0.25, -0.2) is 0 Å². The molecule has 0 aliphatic carbocycles. The maximum Gasteiger partial charge on any atom is 0.00696 e. The summed E-state index contributed by atoms with van der Waals surface area (Å²) in [5, 5.41) is 0. The van der Waals surface area contributed by atoms with E-state index in [2.05, 4.69) is 41.5 Å². The van der Waals surface area contributed by atoms with Crippen LogP contribution in [0.2, 0.25) is 0 Å². The van der Waals surface area contributed by atoms with Gasteiger partial charge in [0, 0.05) is 6.04 Å². The van der Waals surface area contributed by atoms with Crippen LogP contribution in [0.1, 0.15) is 60.8 Å². The first kappa shape index (κ1) is 14.0. The minimum absolute atomic E-state index is 0.388. The summed E-state index contributed by atoms with van der Waals surface area (Å²) in [4.78, 5) is 0. The number of hydrogen-bond acceptors (Lipinski definition) is 1. The van der Waals surface area contributed by atoms with Crippen LogP contribution in [-0.2, 0) is 0 Å². The molecule has 0 aromatic carbocycles. The second-order valence-corrected chi connectivity index (χ2v) is 5.74. The van der Waals surface area contributed by atoms with E-state index in [1.54, 1.807) is 0 Å². The van der Waals surface area contributed by atoms with Crippen molar-refractivity contribution in [3.63, 3.8) is 0 Å². The summed E-state index contributed by atoms with van der Waals surface area (Å²) in [6.07, 6.45) is 3.60. The molecule has 0 rings (SSSR count). The normalized spacial score (nSPS) is 17.1. The third-order valence-electron chi connectivity index (χ3n) is 3.76. The topological polar surface area (TPSA) is 26.0 Å². The SMILES string of the molecule is CCC(CC)C(N)CC(C)C(C)(C)C. The van der Waals surface area contributed by atoms with Crippen LogP contribution < -0.4 is 5.73 Å². The molecule has 0 bridgehead atoms. The molecule has 0 amide bonds. The summed E-state index contributed by atoms with van der Waals surface area (Å²) < 4.78 is 0. The molecule has 0 spiro atoms. The second kappa shape index (κ2) is 5.75. The van der Waals surface area contributed by atoms with Gasteiger partial charge in [-0.05, 0) is 23.7 Å². The average molecular weight is 199 g/mol.